The zero-order valence-corrected chi connectivity index (χ0v) is 13.0. The molecule has 8 nitrogen and oxygen atoms in total. The molecule has 1 atom stereocenters. The van der Waals surface area contributed by atoms with Crippen molar-refractivity contribution in [1.82, 2.24) is 24.8 Å². The summed E-state index contributed by atoms with van der Waals surface area (Å²) in [6.45, 7) is 1.18. The summed E-state index contributed by atoms with van der Waals surface area (Å²) in [4.78, 5) is 28.6. The van der Waals surface area contributed by atoms with Gasteiger partial charge in [0.2, 0.25) is 0 Å². The molecular weight excluding hydrogens is 322 g/mol. The van der Waals surface area contributed by atoms with E-state index >= 15 is 0 Å². The number of carbonyl (C=O) groups is 2. The quantitative estimate of drug-likeness (QED) is 0.868. The molecule has 1 fully saturated rings. The van der Waals surface area contributed by atoms with Crippen molar-refractivity contribution in [2.24, 2.45) is 5.92 Å². The Labute approximate surface area is 137 Å². The summed E-state index contributed by atoms with van der Waals surface area (Å²) in [5, 5.41) is 16.3. The van der Waals surface area contributed by atoms with Crippen LogP contribution in [0.2, 0.25) is 5.02 Å². The standard InChI is InChI=1S/C14H16ClN5O3/c15-11-6-18-20-7-9(5-17-12(11)20)1-3-16-14(23)19-4-2-10(8-19)13(21)22/h5-7,10H,1-4,8H2,(H,16,23)(H,21,22). The van der Waals surface area contributed by atoms with Gasteiger partial charge in [-0.2, -0.15) is 5.10 Å². The number of hydrogen-bond acceptors (Lipinski definition) is 4. The Hall–Kier alpha value is -2.35. The predicted molar refractivity (Wildman–Crippen MR) is 82.4 cm³/mol. The Morgan fingerprint density at radius 2 is 2.26 bits per heavy atom. The number of nitrogens with one attached hydrogen (secondary N) is 1. The monoisotopic (exact) mass is 337 g/mol. The van der Waals surface area contributed by atoms with Crippen molar-refractivity contribution in [2.75, 3.05) is 19.6 Å². The fraction of sp³-hybridized carbons (Fsp3) is 0.429. The van der Waals surface area contributed by atoms with E-state index in [2.05, 4.69) is 15.4 Å². The minimum absolute atomic E-state index is 0.232. The largest absolute Gasteiger partial charge is 0.481 e. The molecule has 0 saturated carbocycles. The molecule has 23 heavy (non-hydrogen) atoms. The third kappa shape index (κ3) is 3.37. The van der Waals surface area contributed by atoms with Crippen molar-refractivity contribution in [2.45, 2.75) is 12.8 Å². The first-order chi connectivity index (χ1) is 11.0. The number of amides is 2. The third-order valence-electron chi connectivity index (χ3n) is 3.88. The number of likely N-dealkylation sites (tertiary alicyclic amines) is 1. The normalized spacial score (nSPS) is 17.6. The van der Waals surface area contributed by atoms with Crippen LogP contribution in [0.4, 0.5) is 4.79 Å². The summed E-state index contributed by atoms with van der Waals surface area (Å²) < 4.78 is 1.59. The summed E-state index contributed by atoms with van der Waals surface area (Å²) in [6.07, 6.45) is 6.15. The topological polar surface area (TPSA) is 99.8 Å². The fourth-order valence-corrected chi connectivity index (χ4v) is 2.76. The second-order valence-electron chi connectivity index (χ2n) is 5.47. The summed E-state index contributed by atoms with van der Waals surface area (Å²) in [6, 6.07) is -0.232. The molecule has 2 N–H and O–H groups in total. The van der Waals surface area contributed by atoms with Crippen LogP contribution in [0.25, 0.3) is 5.65 Å². The molecule has 0 aromatic carbocycles. The molecule has 9 heteroatoms. The number of carbonyl (C=O) groups excluding carboxylic acids is 1. The highest BCUT2D eigenvalue weighted by atomic mass is 35.5. The molecule has 1 unspecified atom stereocenters. The van der Waals surface area contributed by atoms with Gasteiger partial charge in [-0.15, -0.1) is 0 Å². The number of nitrogens with zero attached hydrogens (tertiary/aromatic N) is 4. The van der Waals surface area contributed by atoms with Crippen molar-refractivity contribution in [1.29, 1.82) is 0 Å². The minimum Gasteiger partial charge on any atom is -0.481 e. The van der Waals surface area contributed by atoms with Crippen LogP contribution >= 0.6 is 11.6 Å². The number of carboxylic acid groups (broad SMARTS) is 1. The van der Waals surface area contributed by atoms with Crippen molar-refractivity contribution < 1.29 is 14.7 Å². The van der Waals surface area contributed by atoms with E-state index in [0.717, 1.165) is 5.56 Å². The average molecular weight is 338 g/mol. The van der Waals surface area contributed by atoms with Crippen LogP contribution in [-0.2, 0) is 11.2 Å². The molecule has 1 aliphatic heterocycles. The van der Waals surface area contributed by atoms with E-state index in [9.17, 15) is 9.59 Å². The van der Waals surface area contributed by atoms with Gasteiger partial charge < -0.3 is 15.3 Å². The van der Waals surface area contributed by atoms with Crippen LogP contribution in [-0.4, -0.2) is 56.2 Å². The predicted octanol–water partition coefficient (Wildman–Crippen LogP) is 1.04. The van der Waals surface area contributed by atoms with E-state index in [0.29, 0.717) is 36.6 Å². The zero-order chi connectivity index (χ0) is 16.4. The Balaban J connectivity index is 1.50. The molecule has 0 radical (unpaired) electrons. The van der Waals surface area contributed by atoms with Gasteiger partial charge in [0.15, 0.2) is 5.65 Å². The number of fused-ring (bicyclic) bond motifs is 1. The number of carboxylic acids is 1. The molecule has 0 spiro atoms. The SMILES string of the molecule is O=C(O)C1CCN(C(=O)NCCc2cnc3c(Cl)cnn3c2)C1. The second kappa shape index (κ2) is 6.41. The molecule has 2 aromatic heterocycles. The molecule has 3 heterocycles. The van der Waals surface area contributed by atoms with Crippen LogP contribution in [0.5, 0.6) is 0 Å². The number of aromatic nitrogens is 3. The molecule has 122 valence electrons. The lowest BCUT2D eigenvalue weighted by molar-refractivity contribution is -0.141. The van der Waals surface area contributed by atoms with Gasteiger partial charge in [0, 0.05) is 32.0 Å². The molecule has 2 amide bonds. The van der Waals surface area contributed by atoms with Gasteiger partial charge in [-0.25, -0.2) is 14.3 Å². The summed E-state index contributed by atoms with van der Waals surface area (Å²) in [7, 11) is 0. The number of hydrogen-bond donors (Lipinski definition) is 2. The molecule has 3 rings (SSSR count). The Kier molecular flexibility index (Phi) is 4.33. The highest BCUT2D eigenvalue weighted by molar-refractivity contribution is 6.33. The number of halogens is 1. The maximum absolute atomic E-state index is 12.0. The summed E-state index contributed by atoms with van der Waals surface area (Å²) in [5.74, 6) is -1.31. The molecule has 1 aliphatic rings. The number of aliphatic carboxylic acids is 1. The Morgan fingerprint density at radius 3 is 3.00 bits per heavy atom. The van der Waals surface area contributed by atoms with Crippen LogP contribution in [0.15, 0.2) is 18.6 Å². The number of rotatable bonds is 4. The van der Waals surface area contributed by atoms with Gasteiger partial charge in [0.1, 0.15) is 5.02 Å². The Bertz CT molecular complexity index is 747. The molecule has 2 aromatic rings. The maximum atomic E-state index is 12.0. The van der Waals surface area contributed by atoms with Gasteiger partial charge in [-0.1, -0.05) is 11.6 Å². The lowest BCUT2D eigenvalue weighted by Gasteiger charge is -2.16. The van der Waals surface area contributed by atoms with Crippen molar-refractivity contribution >= 4 is 29.2 Å². The first-order valence-electron chi connectivity index (χ1n) is 7.28. The molecule has 0 bridgehead atoms. The lowest BCUT2D eigenvalue weighted by Crippen LogP contribution is -2.39. The smallest absolute Gasteiger partial charge is 0.317 e. The zero-order valence-electron chi connectivity index (χ0n) is 12.3. The van der Waals surface area contributed by atoms with Gasteiger partial charge >= 0.3 is 12.0 Å². The van der Waals surface area contributed by atoms with E-state index in [1.54, 1.807) is 10.7 Å². The van der Waals surface area contributed by atoms with E-state index in [-0.39, 0.29) is 12.6 Å². The van der Waals surface area contributed by atoms with Gasteiger partial charge in [0.25, 0.3) is 0 Å². The minimum atomic E-state index is -0.849. The van der Waals surface area contributed by atoms with Gasteiger partial charge in [-0.3, -0.25) is 4.79 Å². The molecule has 1 saturated heterocycles. The average Bonchev–Trinajstić information content (AvgIpc) is 3.15. The first-order valence-corrected chi connectivity index (χ1v) is 7.65. The van der Waals surface area contributed by atoms with Gasteiger partial charge in [0.05, 0.1) is 12.1 Å². The maximum Gasteiger partial charge on any atom is 0.317 e. The van der Waals surface area contributed by atoms with Crippen molar-refractivity contribution in [3.63, 3.8) is 0 Å². The lowest BCUT2D eigenvalue weighted by atomic mass is 10.1. The van der Waals surface area contributed by atoms with Crippen molar-refractivity contribution in [3.8, 4) is 0 Å². The second-order valence-corrected chi connectivity index (χ2v) is 5.88. The van der Waals surface area contributed by atoms with E-state index in [1.807, 2.05) is 6.20 Å². The first kappa shape index (κ1) is 15.5. The van der Waals surface area contributed by atoms with Gasteiger partial charge in [-0.05, 0) is 18.4 Å². The number of urea groups is 1. The third-order valence-corrected chi connectivity index (χ3v) is 4.15. The van der Waals surface area contributed by atoms with Crippen LogP contribution < -0.4 is 5.32 Å². The van der Waals surface area contributed by atoms with E-state index < -0.39 is 11.9 Å². The van der Waals surface area contributed by atoms with Crippen LogP contribution in [0.3, 0.4) is 0 Å². The Morgan fingerprint density at radius 1 is 1.43 bits per heavy atom. The molecular formula is C14H16ClN5O3. The molecule has 0 aliphatic carbocycles. The van der Waals surface area contributed by atoms with Crippen LogP contribution in [0, 0.1) is 5.92 Å². The fourth-order valence-electron chi connectivity index (χ4n) is 2.59. The van der Waals surface area contributed by atoms with E-state index in [1.165, 1.54) is 11.1 Å². The highest BCUT2D eigenvalue weighted by Gasteiger charge is 2.30. The van der Waals surface area contributed by atoms with Crippen molar-refractivity contribution in [3.05, 3.63) is 29.2 Å². The van der Waals surface area contributed by atoms with Crippen LogP contribution in [0.1, 0.15) is 12.0 Å². The van der Waals surface area contributed by atoms with E-state index in [4.69, 9.17) is 16.7 Å². The summed E-state index contributed by atoms with van der Waals surface area (Å²) in [5.41, 5.74) is 1.51. The summed E-state index contributed by atoms with van der Waals surface area (Å²) >= 11 is 5.93. The highest BCUT2D eigenvalue weighted by Crippen LogP contribution is 2.16.